The molecule has 1 heterocycles. The molecule has 0 radical (unpaired) electrons. The van der Waals surface area contributed by atoms with Crippen LogP contribution in [0, 0.1) is 5.92 Å². The monoisotopic (exact) mass is 144 g/mol. The van der Waals surface area contributed by atoms with Gasteiger partial charge >= 0.3 is 5.97 Å². The van der Waals surface area contributed by atoms with Crippen LogP contribution in [-0.2, 0) is 9.53 Å². The minimum Gasteiger partial charge on any atom is -0.479 e. The molecule has 1 aliphatic heterocycles. The number of carboxylic acids is 1. The predicted molar refractivity (Wildman–Crippen MR) is 35.8 cm³/mol. The summed E-state index contributed by atoms with van der Waals surface area (Å²) in [6.07, 6.45) is 1.10. The zero-order valence-corrected chi connectivity index (χ0v) is 6.04. The third-order valence-electron chi connectivity index (χ3n) is 1.82. The van der Waals surface area contributed by atoms with Crippen LogP contribution in [0.3, 0.4) is 0 Å². The third kappa shape index (κ3) is 1.70. The zero-order chi connectivity index (χ0) is 7.56. The van der Waals surface area contributed by atoms with Crippen LogP contribution < -0.4 is 0 Å². The second-order valence-electron chi connectivity index (χ2n) is 2.83. The van der Waals surface area contributed by atoms with E-state index in [-0.39, 0.29) is 0 Å². The Morgan fingerprint density at radius 2 is 2.40 bits per heavy atom. The van der Waals surface area contributed by atoms with E-state index in [4.69, 9.17) is 9.84 Å². The highest BCUT2D eigenvalue weighted by Gasteiger charge is 2.24. The number of hydrogen-bond acceptors (Lipinski definition) is 2. The Balaban J connectivity index is 2.39. The van der Waals surface area contributed by atoms with Crippen molar-refractivity contribution in [2.24, 2.45) is 5.92 Å². The van der Waals surface area contributed by atoms with E-state index in [9.17, 15) is 4.79 Å². The molecule has 0 bridgehead atoms. The first kappa shape index (κ1) is 7.54. The molecule has 1 aliphatic rings. The van der Waals surface area contributed by atoms with Crippen LogP contribution >= 0.6 is 0 Å². The molecule has 0 aromatic carbocycles. The molecule has 1 saturated heterocycles. The van der Waals surface area contributed by atoms with Gasteiger partial charge in [-0.3, -0.25) is 0 Å². The SMILES string of the molecule is C[C@@H]1CCO[C@H](C(=O)O)C1. The number of rotatable bonds is 1. The summed E-state index contributed by atoms with van der Waals surface area (Å²) in [5, 5.41) is 8.53. The standard InChI is InChI=1S/C7H12O3/c1-5-2-3-10-6(4-5)7(8)9/h5-6H,2-4H2,1H3,(H,8,9)/t5-,6+/m1/s1. The Hall–Kier alpha value is -0.570. The van der Waals surface area contributed by atoms with Gasteiger partial charge in [0.1, 0.15) is 0 Å². The fourth-order valence-corrected chi connectivity index (χ4v) is 1.13. The quantitative estimate of drug-likeness (QED) is 0.594. The van der Waals surface area contributed by atoms with Crippen LogP contribution in [0.1, 0.15) is 19.8 Å². The summed E-state index contributed by atoms with van der Waals surface area (Å²) in [4.78, 5) is 10.4. The molecule has 0 aromatic heterocycles. The lowest BCUT2D eigenvalue weighted by atomic mass is 9.98. The molecule has 1 rings (SSSR count). The van der Waals surface area contributed by atoms with E-state index in [0.717, 1.165) is 6.42 Å². The summed E-state index contributed by atoms with van der Waals surface area (Å²) >= 11 is 0. The molecule has 2 atom stereocenters. The van der Waals surface area contributed by atoms with Crippen molar-refractivity contribution in [2.45, 2.75) is 25.9 Å². The summed E-state index contributed by atoms with van der Waals surface area (Å²) < 4.78 is 5.01. The van der Waals surface area contributed by atoms with Gasteiger partial charge in [-0.2, -0.15) is 0 Å². The fraction of sp³-hybridized carbons (Fsp3) is 0.857. The van der Waals surface area contributed by atoms with Crippen LogP contribution in [0.25, 0.3) is 0 Å². The summed E-state index contributed by atoms with van der Waals surface area (Å²) in [7, 11) is 0. The maximum absolute atomic E-state index is 10.4. The van der Waals surface area contributed by atoms with Gasteiger partial charge < -0.3 is 9.84 Å². The molecular weight excluding hydrogens is 132 g/mol. The maximum Gasteiger partial charge on any atom is 0.332 e. The summed E-state index contributed by atoms with van der Waals surface area (Å²) in [5.74, 6) is -0.332. The molecule has 0 amide bonds. The van der Waals surface area contributed by atoms with E-state index >= 15 is 0 Å². The lowest BCUT2D eigenvalue weighted by molar-refractivity contribution is -0.154. The molecule has 3 nitrogen and oxygen atoms in total. The van der Waals surface area contributed by atoms with Gasteiger partial charge in [-0.15, -0.1) is 0 Å². The lowest BCUT2D eigenvalue weighted by Gasteiger charge is -2.23. The van der Waals surface area contributed by atoms with Gasteiger partial charge in [0.05, 0.1) is 0 Å². The summed E-state index contributed by atoms with van der Waals surface area (Å²) in [5.41, 5.74) is 0. The number of carbonyl (C=O) groups is 1. The van der Waals surface area contributed by atoms with E-state index in [0.29, 0.717) is 18.9 Å². The van der Waals surface area contributed by atoms with Crippen molar-refractivity contribution in [1.29, 1.82) is 0 Å². The normalized spacial score (nSPS) is 33.7. The summed E-state index contributed by atoms with van der Waals surface area (Å²) in [6.45, 7) is 2.65. The highest BCUT2D eigenvalue weighted by molar-refractivity contribution is 5.72. The second kappa shape index (κ2) is 3.01. The molecule has 0 saturated carbocycles. The maximum atomic E-state index is 10.4. The van der Waals surface area contributed by atoms with Gasteiger partial charge in [-0.05, 0) is 18.8 Å². The van der Waals surface area contributed by atoms with E-state index in [1.54, 1.807) is 0 Å². The summed E-state index contributed by atoms with van der Waals surface area (Å²) in [6, 6.07) is 0. The van der Waals surface area contributed by atoms with Gasteiger partial charge in [-0.25, -0.2) is 4.79 Å². The van der Waals surface area contributed by atoms with E-state index in [2.05, 4.69) is 6.92 Å². The minimum atomic E-state index is -0.827. The first-order valence-corrected chi connectivity index (χ1v) is 3.54. The Bertz CT molecular complexity index is 133. The topological polar surface area (TPSA) is 46.5 Å². The van der Waals surface area contributed by atoms with Gasteiger partial charge in [-0.1, -0.05) is 6.92 Å². The number of carboxylic acid groups (broad SMARTS) is 1. The van der Waals surface area contributed by atoms with Crippen molar-refractivity contribution in [3.63, 3.8) is 0 Å². The molecule has 1 fully saturated rings. The average molecular weight is 144 g/mol. The molecule has 0 spiro atoms. The largest absolute Gasteiger partial charge is 0.479 e. The second-order valence-corrected chi connectivity index (χ2v) is 2.83. The van der Waals surface area contributed by atoms with E-state index in [1.165, 1.54) is 0 Å². The molecule has 10 heavy (non-hydrogen) atoms. The Kier molecular flexibility index (Phi) is 2.27. The van der Waals surface area contributed by atoms with Crippen molar-refractivity contribution in [1.82, 2.24) is 0 Å². The molecule has 0 aromatic rings. The van der Waals surface area contributed by atoms with Crippen LogP contribution in [0.2, 0.25) is 0 Å². The van der Waals surface area contributed by atoms with Crippen molar-refractivity contribution < 1.29 is 14.6 Å². The van der Waals surface area contributed by atoms with Gasteiger partial charge in [0.25, 0.3) is 0 Å². The molecule has 1 N–H and O–H groups in total. The van der Waals surface area contributed by atoms with E-state index in [1.807, 2.05) is 0 Å². The Morgan fingerprint density at radius 1 is 1.70 bits per heavy atom. The van der Waals surface area contributed by atoms with Crippen molar-refractivity contribution in [2.75, 3.05) is 6.61 Å². The van der Waals surface area contributed by atoms with Gasteiger partial charge in [0, 0.05) is 6.61 Å². The van der Waals surface area contributed by atoms with Crippen molar-refractivity contribution in [3.8, 4) is 0 Å². The Labute approximate surface area is 60.0 Å². The Morgan fingerprint density at radius 3 is 2.80 bits per heavy atom. The highest BCUT2D eigenvalue weighted by atomic mass is 16.5. The van der Waals surface area contributed by atoms with Gasteiger partial charge in [0.2, 0.25) is 0 Å². The third-order valence-corrected chi connectivity index (χ3v) is 1.82. The molecular formula is C7H12O3. The highest BCUT2D eigenvalue weighted by Crippen LogP contribution is 2.18. The van der Waals surface area contributed by atoms with Crippen molar-refractivity contribution >= 4 is 5.97 Å². The zero-order valence-electron chi connectivity index (χ0n) is 6.04. The molecule has 3 heteroatoms. The number of hydrogen-bond donors (Lipinski definition) is 1. The fourth-order valence-electron chi connectivity index (χ4n) is 1.13. The predicted octanol–water partition coefficient (Wildman–Crippen LogP) is 0.886. The average Bonchev–Trinajstić information content (AvgIpc) is 1.88. The van der Waals surface area contributed by atoms with Crippen LogP contribution in [-0.4, -0.2) is 23.8 Å². The molecule has 0 unspecified atom stereocenters. The van der Waals surface area contributed by atoms with Crippen molar-refractivity contribution in [3.05, 3.63) is 0 Å². The van der Waals surface area contributed by atoms with Crippen LogP contribution in [0.15, 0.2) is 0 Å². The van der Waals surface area contributed by atoms with Gasteiger partial charge in [0.15, 0.2) is 6.10 Å². The lowest BCUT2D eigenvalue weighted by Crippen LogP contribution is -2.31. The number of ether oxygens (including phenoxy) is 1. The molecule has 58 valence electrons. The molecule has 0 aliphatic carbocycles. The first-order chi connectivity index (χ1) is 4.70. The van der Waals surface area contributed by atoms with Crippen LogP contribution in [0.4, 0.5) is 0 Å². The smallest absolute Gasteiger partial charge is 0.332 e. The first-order valence-electron chi connectivity index (χ1n) is 3.54. The minimum absolute atomic E-state index is 0.495. The number of aliphatic carboxylic acids is 1. The van der Waals surface area contributed by atoms with E-state index < -0.39 is 12.1 Å². The van der Waals surface area contributed by atoms with Crippen LogP contribution in [0.5, 0.6) is 0 Å².